The van der Waals surface area contributed by atoms with E-state index < -0.39 is 0 Å². The maximum atomic E-state index is 6.06. The van der Waals surface area contributed by atoms with E-state index in [2.05, 4.69) is 46.7 Å². The van der Waals surface area contributed by atoms with Crippen molar-refractivity contribution in [3.05, 3.63) is 24.3 Å². The maximum absolute atomic E-state index is 6.06. The monoisotopic (exact) mass is 314 g/mol. The molecule has 0 spiro atoms. The van der Waals surface area contributed by atoms with Gasteiger partial charge in [0, 0.05) is 18.0 Å². The van der Waals surface area contributed by atoms with Gasteiger partial charge in [0.1, 0.15) is 0 Å². The number of fused-ring (bicyclic) bond motifs is 1. The molecule has 4 heteroatoms. The molecule has 0 saturated carbocycles. The van der Waals surface area contributed by atoms with Crippen molar-refractivity contribution in [3.63, 3.8) is 0 Å². The summed E-state index contributed by atoms with van der Waals surface area (Å²) < 4.78 is 2.10. The molecule has 1 fully saturated rings. The predicted molar refractivity (Wildman–Crippen MR) is 97.4 cm³/mol. The Bertz CT molecular complexity index is 625. The minimum atomic E-state index is 0.652. The summed E-state index contributed by atoms with van der Waals surface area (Å²) in [5, 5.41) is 5.64. The van der Waals surface area contributed by atoms with Gasteiger partial charge in [-0.05, 0) is 56.8 Å². The highest BCUT2D eigenvalue weighted by Crippen LogP contribution is 2.23. The first-order valence-electron chi connectivity index (χ1n) is 9.10. The maximum Gasteiger partial charge on any atom is 0.153 e. The van der Waals surface area contributed by atoms with Crippen molar-refractivity contribution in [2.45, 2.75) is 58.5 Å². The number of benzene rings is 1. The van der Waals surface area contributed by atoms with Gasteiger partial charge in [0.05, 0.1) is 5.52 Å². The van der Waals surface area contributed by atoms with Crippen LogP contribution in [0.2, 0.25) is 0 Å². The Balaban J connectivity index is 1.71. The lowest BCUT2D eigenvalue weighted by Crippen LogP contribution is -2.40. The van der Waals surface area contributed by atoms with E-state index in [1.165, 1.54) is 38.8 Å². The molecule has 1 unspecified atom stereocenters. The highest BCUT2D eigenvalue weighted by atomic mass is 15.3. The minimum absolute atomic E-state index is 0.652. The molecular formula is C19H30N4. The lowest BCUT2D eigenvalue weighted by atomic mass is 9.97. The van der Waals surface area contributed by atoms with Crippen molar-refractivity contribution in [2.24, 2.45) is 5.92 Å². The number of anilines is 1. The van der Waals surface area contributed by atoms with E-state index in [-0.39, 0.29) is 0 Å². The Morgan fingerprint density at radius 1 is 1.13 bits per heavy atom. The van der Waals surface area contributed by atoms with Crippen LogP contribution in [0.15, 0.2) is 24.3 Å². The molecule has 2 heterocycles. The molecule has 2 N–H and O–H groups in total. The molecule has 1 atom stereocenters. The zero-order valence-electron chi connectivity index (χ0n) is 14.5. The van der Waals surface area contributed by atoms with Gasteiger partial charge in [0.15, 0.2) is 5.82 Å². The Morgan fingerprint density at radius 3 is 2.61 bits per heavy atom. The van der Waals surface area contributed by atoms with E-state index in [4.69, 9.17) is 5.73 Å². The van der Waals surface area contributed by atoms with Crippen LogP contribution in [0.3, 0.4) is 0 Å². The summed E-state index contributed by atoms with van der Waals surface area (Å²) >= 11 is 0. The highest BCUT2D eigenvalue weighted by Gasteiger charge is 2.22. The molecule has 0 bridgehead atoms. The summed E-state index contributed by atoms with van der Waals surface area (Å²) in [6.07, 6.45) is 6.53. The van der Waals surface area contributed by atoms with Crippen LogP contribution in [-0.4, -0.2) is 33.8 Å². The van der Waals surface area contributed by atoms with Crippen molar-refractivity contribution >= 4 is 16.7 Å². The number of rotatable bonds is 6. The number of para-hydroxylation sites is 1. The molecule has 4 nitrogen and oxygen atoms in total. The molecule has 1 aliphatic rings. The van der Waals surface area contributed by atoms with Crippen LogP contribution in [0.4, 0.5) is 5.82 Å². The topological polar surface area (TPSA) is 47.1 Å². The average molecular weight is 314 g/mol. The normalized spacial score (nSPS) is 17.9. The molecule has 0 aliphatic carbocycles. The number of hydrogen-bond donors (Lipinski definition) is 1. The molecule has 126 valence electrons. The Hall–Kier alpha value is -1.55. The Labute approximate surface area is 139 Å². The number of nitrogens with zero attached hydrogens (tertiary/aromatic N) is 3. The zero-order chi connectivity index (χ0) is 16.2. The number of nitrogen functional groups attached to an aromatic ring is 1. The van der Waals surface area contributed by atoms with Crippen molar-refractivity contribution < 1.29 is 0 Å². The van der Waals surface area contributed by atoms with E-state index in [0.29, 0.717) is 11.9 Å². The van der Waals surface area contributed by atoms with Crippen LogP contribution < -0.4 is 5.73 Å². The van der Waals surface area contributed by atoms with E-state index in [9.17, 15) is 0 Å². The fraction of sp³-hybridized carbons (Fsp3) is 0.632. The first-order valence-corrected chi connectivity index (χ1v) is 9.10. The van der Waals surface area contributed by atoms with E-state index >= 15 is 0 Å². The Kier molecular flexibility index (Phi) is 5.21. The Morgan fingerprint density at radius 2 is 1.87 bits per heavy atom. The van der Waals surface area contributed by atoms with Gasteiger partial charge >= 0.3 is 0 Å². The molecule has 1 aliphatic heterocycles. The fourth-order valence-corrected chi connectivity index (χ4v) is 3.87. The molecule has 2 aromatic rings. The quantitative estimate of drug-likeness (QED) is 0.879. The second-order valence-electron chi connectivity index (χ2n) is 7.29. The van der Waals surface area contributed by atoms with Crippen LogP contribution in [0.5, 0.6) is 0 Å². The average Bonchev–Trinajstić information content (AvgIpc) is 2.89. The molecule has 1 aromatic heterocycles. The number of likely N-dealkylation sites (tertiary alicyclic amines) is 1. The summed E-state index contributed by atoms with van der Waals surface area (Å²) in [4.78, 5) is 2.71. The summed E-state index contributed by atoms with van der Waals surface area (Å²) in [6, 6.07) is 8.94. The molecule has 3 rings (SSSR count). The van der Waals surface area contributed by atoms with E-state index in [1.54, 1.807) is 0 Å². The lowest BCUT2D eigenvalue weighted by Gasteiger charge is -2.35. The number of hydrogen-bond acceptors (Lipinski definition) is 3. The summed E-state index contributed by atoms with van der Waals surface area (Å²) in [5.74, 6) is 1.39. The van der Waals surface area contributed by atoms with Gasteiger partial charge < -0.3 is 10.6 Å². The van der Waals surface area contributed by atoms with Crippen LogP contribution in [0, 0.1) is 5.92 Å². The third-order valence-corrected chi connectivity index (χ3v) is 5.01. The predicted octanol–water partition coefficient (Wildman–Crippen LogP) is 3.91. The van der Waals surface area contributed by atoms with Crippen molar-refractivity contribution in [1.82, 2.24) is 14.7 Å². The zero-order valence-corrected chi connectivity index (χ0v) is 14.5. The summed E-state index contributed by atoms with van der Waals surface area (Å²) in [7, 11) is 0. The molecule has 1 saturated heterocycles. The third kappa shape index (κ3) is 3.86. The number of aryl methyl sites for hydroxylation is 1. The molecule has 23 heavy (non-hydrogen) atoms. The third-order valence-electron chi connectivity index (χ3n) is 5.01. The van der Waals surface area contributed by atoms with E-state index in [1.807, 2.05) is 6.07 Å². The van der Waals surface area contributed by atoms with Gasteiger partial charge in [0.2, 0.25) is 0 Å². The molecular weight excluding hydrogens is 284 g/mol. The van der Waals surface area contributed by atoms with Gasteiger partial charge in [-0.1, -0.05) is 32.4 Å². The molecule has 0 amide bonds. The first-order chi connectivity index (χ1) is 11.1. The lowest BCUT2D eigenvalue weighted by molar-refractivity contribution is 0.133. The van der Waals surface area contributed by atoms with E-state index in [0.717, 1.165) is 29.8 Å². The first kappa shape index (κ1) is 16.3. The van der Waals surface area contributed by atoms with Crippen LogP contribution in [0.25, 0.3) is 10.9 Å². The summed E-state index contributed by atoms with van der Waals surface area (Å²) in [6.45, 7) is 8.14. The second-order valence-corrected chi connectivity index (χ2v) is 7.29. The van der Waals surface area contributed by atoms with Crippen LogP contribution >= 0.6 is 0 Å². The number of nitrogens with two attached hydrogens (primary N) is 1. The van der Waals surface area contributed by atoms with Crippen molar-refractivity contribution in [2.75, 3.05) is 18.8 Å². The standard InChI is InChI=1S/C19H30N4/c1-15(2)14-16(22-11-6-3-7-12-22)10-13-23-18-9-5-4-8-17(18)19(20)21-23/h4-5,8-9,15-16H,3,6-7,10-14H2,1-2H3,(H2,20,21). The fourth-order valence-electron chi connectivity index (χ4n) is 3.87. The second kappa shape index (κ2) is 7.35. The SMILES string of the molecule is CC(C)CC(CCn1nc(N)c2ccccc21)N1CCCCC1. The van der Waals surface area contributed by atoms with Gasteiger partial charge in [-0.25, -0.2) is 0 Å². The highest BCUT2D eigenvalue weighted by molar-refractivity contribution is 5.88. The number of aromatic nitrogens is 2. The molecule has 0 radical (unpaired) electrons. The van der Waals surface area contributed by atoms with Crippen LogP contribution in [0.1, 0.15) is 46.0 Å². The number of piperidine rings is 1. The van der Waals surface area contributed by atoms with Crippen molar-refractivity contribution in [1.29, 1.82) is 0 Å². The minimum Gasteiger partial charge on any atom is -0.382 e. The van der Waals surface area contributed by atoms with Gasteiger partial charge in [-0.2, -0.15) is 5.10 Å². The summed E-state index contributed by atoms with van der Waals surface area (Å²) in [5.41, 5.74) is 7.22. The van der Waals surface area contributed by atoms with Gasteiger partial charge in [-0.3, -0.25) is 4.68 Å². The molecule has 1 aromatic carbocycles. The largest absolute Gasteiger partial charge is 0.382 e. The van der Waals surface area contributed by atoms with Crippen molar-refractivity contribution in [3.8, 4) is 0 Å². The van der Waals surface area contributed by atoms with Gasteiger partial charge in [-0.15, -0.1) is 0 Å². The smallest absolute Gasteiger partial charge is 0.153 e. The van der Waals surface area contributed by atoms with Gasteiger partial charge in [0.25, 0.3) is 0 Å². The van der Waals surface area contributed by atoms with Crippen LogP contribution in [-0.2, 0) is 6.54 Å².